The maximum atomic E-state index is 12.6. The molecule has 1 aliphatic carbocycles. The molecule has 0 radical (unpaired) electrons. The van der Waals surface area contributed by atoms with E-state index in [2.05, 4.69) is 22.2 Å². The molecule has 0 spiro atoms. The van der Waals surface area contributed by atoms with Crippen LogP contribution in [0.3, 0.4) is 0 Å². The van der Waals surface area contributed by atoms with E-state index in [0.29, 0.717) is 23.7 Å². The lowest BCUT2D eigenvalue weighted by molar-refractivity contribution is -0.116. The van der Waals surface area contributed by atoms with E-state index in [1.165, 1.54) is 12.1 Å². The molecular formula is C21H24N2O3S. The Balaban J connectivity index is 1.65. The highest BCUT2D eigenvalue weighted by atomic mass is 32.2. The number of carbonyl (C=O) groups excluding carboxylic acids is 1. The molecule has 1 amide bonds. The fraction of sp³-hybridized carbons (Fsp3) is 0.286. The summed E-state index contributed by atoms with van der Waals surface area (Å²) in [4.78, 5) is 12.2. The van der Waals surface area contributed by atoms with Crippen LogP contribution in [0.25, 0.3) is 0 Å². The fourth-order valence-electron chi connectivity index (χ4n) is 3.05. The molecule has 0 saturated carbocycles. The first kappa shape index (κ1) is 19.2. The lowest BCUT2D eigenvalue weighted by Crippen LogP contribution is -2.15. The van der Waals surface area contributed by atoms with Gasteiger partial charge in [-0.2, -0.15) is 0 Å². The average molecular weight is 385 g/mol. The Morgan fingerprint density at radius 1 is 1.04 bits per heavy atom. The summed E-state index contributed by atoms with van der Waals surface area (Å²) in [6.07, 6.45) is 6.66. The summed E-state index contributed by atoms with van der Waals surface area (Å²) in [5.74, 6) is 0.238. The molecule has 5 nitrogen and oxygen atoms in total. The summed E-state index contributed by atoms with van der Waals surface area (Å²) in [5.41, 5.74) is 3.24. The van der Waals surface area contributed by atoms with Gasteiger partial charge in [-0.25, -0.2) is 8.42 Å². The zero-order chi connectivity index (χ0) is 19.4. The third-order valence-electron chi connectivity index (χ3n) is 4.77. The lowest BCUT2D eigenvalue weighted by Gasteiger charge is -2.11. The van der Waals surface area contributed by atoms with Crippen molar-refractivity contribution >= 4 is 27.3 Å². The topological polar surface area (TPSA) is 75.3 Å². The number of hydrogen-bond donors (Lipinski definition) is 2. The third kappa shape index (κ3) is 4.98. The van der Waals surface area contributed by atoms with Gasteiger partial charge >= 0.3 is 0 Å². The van der Waals surface area contributed by atoms with E-state index in [0.717, 1.165) is 24.0 Å². The van der Waals surface area contributed by atoms with E-state index in [9.17, 15) is 13.2 Å². The van der Waals surface area contributed by atoms with Crippen molar-refractivity contribution in [3.8, 4) is 0 Å². The monoisotopic (exact) mass is 384 g/mol. The third-order valence-corrected chi connectivity index (χ3v) is 6.16. The maximum absolute atomic E-state index is 12.6. The van der Waals surface area contributed by atoms with Crippen LogP contribution in [0.4, 0.5) is 11.4 Å². The molecule has 1 atom stereocenters. The van der Waals surface area contributed by atoms with Crippen LogP contribution in [0, 0.1) is 19.8 Å². The summed E-state index contributed by atoms with van der Waals surface area (Å²) >= 11 is 0. The summed E-state index contributed by atoms with van der Waals surface area (Å²) in [6, 6.07) is 11.6. The SMILES string of the molecule is Cc1ccc(NS(=O)(=O)c2ccc(NC(=O)CC3C=CCC3)cc2)cc1C. The van der Waals surface area contributed by atoms with Crippen LogP contribution >= 0.6 is 0 Å². The highest BCUT2D eigenvalue weighted by Crippen LogP contribution is 2.22. The number of benzene rings is 2. The lowest BCUT2D eigenvalue weighted by atomic mass is 10.1. The molecule has 2 aromatic rings. The van der Waals surface area contributed by atoms with Crippen LogP contribution in [0.15, 0.2) is 59.5 Å². The summed E-state index contributed by atoms with van der Waals surface area (Å²) in [6.45, 7) is 3.91. The van der Waals surface area contributed by atoms with E-state index in [4.69, 9.17) is 0 Å². The van der Waals surface area contributed by atoms with Crippen molar-refractivity contribution in [1.29, 1.82) is 0 Å². The number of sulfonamides is 1. The number of allylic oxidation sites excluding steroid dienone is 2. The summed E-state index contributed by atoms with van der Waals surface area (Å²) in [5, 5.41) is 2.82. The minimum atomic E-state index is -3.68. The quantitative estimate of drug-likeness (QED) is 0.725. The Kier molecular flexibility index (Phi) is 5.65. The van der Waals surface area contributed by atoms with Gasteiger partial charge in [0.05, 0.1) is 4.90 Å². The second-order valence-corrected chi connectivity index (χ2v) is 8.63. The minimum absolute atomic E-state index is 0.0598. The summed E-state index contributed by atoms with van der Waals surface area (Å²) in [7, 11) is -3.68. The Morgan fingerprint density at radius 3 is 2.37 bits per heavy atom. The van der Waals surface area contributed by atoms with Crippen molar-refractivity contribution in [2.75, 3.05) is 10.0 Å². The number of aryl methyl sites for hydroxylation is 2. The average Bonchev–Trinajstić information content (AvgIpc) is 3.11. The predicted octanol–water partition coefficient (Wildman–Crippen LogP) is 4.40. The molecule has 0 aliphatic heterocycles. The molecule has 6 heteroatoms. The number of hydrogen-bond acceptors (Lipinski definition) is 3. The molecule has 3 rings (SSSR count). The van der Waals surface area contributed by atoms with Crippen molar-refractivity contribution in [3.05, 3.63) is 65.7 Å². The first-order valence-corrected chi connectivity index (χ1v) is 10.5. The normalized spacial score (nSPS) is 16.3. The zero-order valence-electron chi connectivity index (χ0n) is 15.5. The van der Waals surface area contributed by atoms with Crippen molar-refractivity contribution in [1.82, 2.24) is 0 Å². The first-order valence-electron chi connectivity index (χ1n) is 9.00. The predicted molar refractivity (Wildman–Crippen MR) is 108 cm³/mol. The number of rotatable bonds is 6. The molecule has 0 bridgehead atoms. The van der Waals surface area contributed by atoms with Gasteiger partial charge in [0.1, 0.15) is 0 Å². The molecule has 0 heterocycles. The molecule has 2 aromatic carbocycles. The van der Waals surface area contributed by atoms with Crippen LogP contribution in [0.5, 0.6) is 0 Å². The second-order valence-electron chi connectivity index (χ2n) is 6.95. The van der Waals surface area contributed by atoms with Crippen molar-refractivity contribution in [2.24, 2.45) is 5.92 Å². The van der Waals surface area contributed by atoms with E-state index >= 15 is 0 Å². The molecule has 1 unspecified atom stereocenters. The standard InChI is InChI=1S/C21H24N2O3S/c1-15-7-8-19(13-16(15)2)23-27(25,26)20-11-9-18(10-12-20)22-21(24)14-17-5-3-4-6-17/h3,5,7-13,17,23H,4,6,14H2,1-2H3,(H,22,24). The number of amides is 1. The van der Waals surface area contributed by atoms with Crippen LogP contribution in [-0.2, 0) is 14.8 Å². The van der Waals surface area contributed by atoms with E-state index < -0.39 is 10.0 Å². The molecule has 0 fully saturated rings. The number of carbonyl (C=O) groups is 1. The molecule has 2 N–H and O–H groups in total. The minimum Gasteiger partial charge on any atom is -0.326 e. The summed E-state index contributed by atoms with van der Waals surface area (Å²) < 4.78 is 27.7. The molecule has 1 aliphatic rings. The van der Waals surface area contributed by atoms with Crippen LogP contribution in [0.1, 0.15) is 30.4 Å². The molecule has 27 heavy (non-hydrogen) atoms. The van der Waals surface area contributed by atoms with E-state index in [1.807, 2.05) is 19.9 Å². The van der Waals surface area contributed by atoms with Gasteiger partial charge in [-0.15, -0.1) is 0 Å². The van der Waals surface area contributed by atoms with Crippen LogP contribution in [0.2, 0.25) is 0 Å². The second kappa shape index (κ2) is 7.96. The van der Waals surface area contributed by atoms with Crippen LogP contribution < -0.4 is 10.0 Å². The van der Waals surface area contributed by atoms with E-state index in [1.54, 1.807) is 24.3 Å². The smallest absolute Gasteiger partial charge is 0.261 e. The fourth-order valence-corrected chi connectivity index (χ4v) is 4.10. The molecule has 0 saturated heterocycles. The largest absolute Gasteiger partial charge is 0.326 e. The van der Waals surface area contributed by atoms with Crippen molar-refractivity contribution in [2.45, 2.75) is 38.0 Å². The maximum Gasteiger partial charge on any atom is 0.261 e. The van der Waals surface area contributed by atoms with Gasteiger partial charge in [0.15, 0.2) is 0 Å². The van der Waals surface area contributed by atoms with Gasteiger partial charge in [-0.05, 0) is 80.1 Å². The Hall–Kier alpha value is -2.60. The number of anilines is 2. The van der Waals surface area contributed by atoms with Gasteiger partial charge in [0.25, 0.3) is 10.0 Å². The van der Waals surface area contributed by atoms with Crippen molar-refractivity contribution < 1.29 is 13.2 Å². The van der Waals surface area contributed by atoms with Gasteiger partial charge < -0.3 is 5.32 Å². The highest BCUT2D eigenvalue weighted by molar-refractivity contribution is 7.92. The first-order chi connectivity index (χ1) is 12.8. The van der Waals surface area contributed by atoms with Gasteiger partial charge in [0, 0.05) is 17.8 Å². The highest BCUT2D eigenvalue weighted by Gasteiger charge is 2.16. The number of nitrogens with one attached hydrogen (secondary N) is 2. The Labute approximate surface area is 160 Å². The van der Waals surface area contributed by atoms with Gasteiger partial charge in [0.2, 0.25) is 5.91 Å². The Bertz CT molecular complexity index is 963. The van der Waals surface area contributed by atoms with Crippen molar-refractivity contribution in [3.63, 3.8) is 0 Å². The van der Waals surface area contributed by atoms with Gasteiger partial charge in [-0.3, -0.25) is 9.52 Å². The zero-order valence-corrected chi connectivity index (χ0v) is 16.3. The Morgan fingerprint density at radius 2 is 1.74 bits per heavy atom. The van der Waals surface area contributed by atoms with Crippen LogP contribution in [-0.4, -0.2) is 14.3 Å². The van der Waals surface area contributed by atoms with Gasteiger partial charge in [-0.1, -0.05) is 18.2 Å². The molecular weight excluding hydrogens is 360 g/mol. The van der Waals surface area contributed by atoms with E-state index in [-0.39, 0.29) is 10.8 Å². The molecule has 0 aromatic heterocycles. The molecule has 142 valence electrons.